The molecular formula is C22H21NO3S. The first-order valence-electron chi connectivity index (χ1n) is 9.03. The monoisotopic (exact) mass is 379 g/mol. The third-order valence-corrected chi connectivity index (χ3v) is 5.93. The molecular weight excluding hydrogens is 358 g/mol. The van der Waals surface area contributed by atoms with E-state index in [1.165, 1.54) is 22.3 Å². The number of aliphatic hydroxyl groups is 1. The standard InChI is InChI=1S/C22H21NO3S/c24-12-11-20(21-10-5-13-27-21)23-22(25)26-14-19-17-8-3-1-6-15(17)16-7-2-4-9-18(16)19/h1-10,13,19-20,24H,11-12,14H2,(H,23,25). The zero-order chi connectivity index (χ0) is 18.6. The van der Waals surface area contributed by atoms with Crippen LogP contribution < -0.4 is 5.32 Å². The molecule has 3 aromatic rings. The molecule has 0 fully saturated rings. The zero-order valence-corrected chi connectivity index (χ0v) is 15.6. The maximum atomic E-state index is 12.4. The van der Waals surface area contributed by atoms with E-state index in [0.29, 0.717) is 6.42 Å². The lowest BCUT2D eigenvalue weighted by Crippen LogP contribution is -2.30. The molecule has 0 bridgehead atoms. The quantitative estimate of drug-likeness (QED) is 0.652. The van der Waals surface area contributed by atoms with E-state index in [4.69, 9.17) is 4.74 Å². The molecule has 0 spiro atoms. The summed E-state index contributed by atoms with van der Waals surface area (Å²) in [5.41, 5.74) is 4.80. The SMILES string of the molecule is O=C(NC(CCO)c1cccs1)OCC1c2ccccc2-c2ccccc21. The second-order valence-corrected chi connectivity index (χ2v) is 7.53. The van der Waals surface area contributed by atoms with Gasteiger partial charge >= 0.3 is 6.09 Å². The number of benzene rings is 2. The van der Waals surface area contributed by atoms with Crippen molar-refractivity contribution in [2.45, 2.75) is 18.4 Å². The molecule has 1 aliphatic carbocycles. The van der Waals surface area contributed by atoms with E-state index in [2.05, 4.69) is 29.6 Å². The molecule has 1 unspecified atom stereocenters. The highest BCUT2D eigenvalue weighted by atomic mass is 32.1. The van der Waals surface area contributed by atoms with Gasteiger partial charge in [-0.05, 0) is 40.1 Å². The summed E-state index contributed by atoms with van der Waals surface area (Å²) < 4.78 is 5.59. The van der Waals surface area contributed by atoms with Crippen LogP contribution in [0.25, 0.3) is 11.1 Å². The minimum atomic E-state index is -0.455. The van der Waals surface area contributed by atoms with Gasteiger partial charge in [-0.2, -0.15) is 0 Å². The highest BCUT2D eigenvalue weighted by Gasteiger charge is 2.29. The molecule has 5 heteroatoms. The van der Waals surface area contributed by atoms with Gasteiger partial charge in [0.1, 0.15) is 6.61 Å². The first kappa shape index (κ1) is 17.8. The van der Waals surface area contributed by atoms with E-state index >= 15 is 0 Å². The Bertz CT molecular complexity index is 877. The molecule has 0 radical (unpaired) electrons. The van der Waals surface area contributed by atoms with Gasteiger partial charge in [-0.25, -0.2) is 4.79 Å². The number of carbonyl (C=O) groups is 1. The Hall–Kier alpha value is -2.63. The second kappa shape index (κ2) is 7.94. The van der Waals surface area contributed by atoms with Crippen molar-refractivity contribution in [3.8, 4) is 11.1 Å². The molecule has 4 nitrogen and oxygen atoms in total. The highest BCUT2D eigenvalue weighted by Crippen LogP contribution is 2.44. The molecule has 0 saturated heterocycles. The number of aliphatic hydroxyl groups excluding tert-OH is 1. The summed E-state index contributed by atoms with van der Waals surface area (Å²) in [7, 11) is 0. The summed E-state index contributed by atoms with van der Waals surface area (Å²) in [6.07, 6.45) is 0.00811. The molecule has 2 N–H and O–H groups in total. The van der Waals surface area contributed by atoms with E-state index < -0.39 is 6.09 Å². The van der Waals surface area contributed by atoms with Crippen LogP contribution in [0.15, 0.2) is 66.0 Å². The predicted octanol–water partition coefficient (Wildman–Crippen LogP) is 4.71. The van der Waals surface area contributed by atoms with E-state index in [1.807, 2.05) is 41.8 Å². The molecule has 4 rings (SSSR count). The lowest BCUT2D eigenvalue weighted by Gasteiger charge is -2.18. The topological polar surface area (TPSA) is 58.6 Å². The van der Waals surface area contributed by atoms with Crippen molar-refractivity contribution in [3.05, 3.63) is 82.0 Å². The average molecular weight is 379 g/mol. The van der Waals surface area contributed by atoms with Gasteiger partial charge in [0.15, 0.2) is 0 Å². The molecule has 1 aliphatic rings. The van der Waals surface area contributed by atoms with E-state index in [-0.39, 0.29) is 25.2 Å². The molecule has 27 heavy (non-hydrogen) atoms. The number of rotatable bonds is 6. The van der Waals surface area contributed by atoms with Gasteiger partial charge in [0.25, 0.3) is 0 Å². The fraction of sp³-hybridized carbons (Fsp3) is 0.227. The van der Waals surface area contributed by atoms with Crippen molar-refractivity contribution in [2.24, 2.45) is 0 Å². The Labute approximate surface area is 162 Å². The summed E-state index contributed by atoms with van der Waals surface area (Å²) in [5, 5.41) is 14.1. The number of hydrogen-bond acceptors (Lipinski definition) is 4. The average Bonchev–Trinajstić information content (AvgIpc) is 3.33. The largest absolute Gasteiger partial charge is 0.449 e. The van der Waals surface area contributed by atoms with Gasteiger partial charge in [-0.15, -0.1) is 11.3 Å². The van der Waals surface area contributed by atoms with Crippen LogP contribution in [-0.4, -0.2) is 24.4 Å². The van der Waals surface area contributed by atoms with E-state index in [9.17, 15) is 9.90 Å². The smallest absolute Gasteiger partial charge is 0.407 e. The van der Waals surface area contributed by atoms with E-state index in [0.717, 1.165) is 4.88 Å². The molecule has 138 valence electrons. The number of carbonyl (C=O) groups excluding carboxylic acids is 1. The first-order valence-corrected chi connectivity index (χ1v) is 9.91. The number of ether oxygens (including phenoxy) is 1. The van der Waals surface area contributed by atoms with Crippen LogP contribution in [0.3, 0.4) is 0 Å². The molecule has 1 heterocycles. The summed E-state index contributed by atoms with van der Waals surface area (Å²) in [5.74, 6) is 0.0428. The summed E-state index contributed by atoms with van der Waals surface area (Å²) >= 11 is 1.56. The van der Waals surface area contributed by atoms with Gasteiger partial charge in [-0.1, -0.05) is 54.6 Å². The van der Waals surface area contributed by atoms with Crippen molar-refractivity contribution in [1.82, 2.24) is 5.32 Å². The third-order valence-electron chi connectivity index (χ3n) is 4.94. The Morgan fingerprint density at radius 2 is 1.70 bits per heavy atom. The number of hydrogen-bond donors (Lipinski definition) is 2. The summed E-state index contributed by atoms with van der Waals surface area (Å²) in [6.45, 7) is 0.294. The van der Waals surface area contributed by atoms with Crippen LogP contribution in [0.5, 0.6) is 0 Å². The number of nitrogens with one attached hydrogen (secondary N) is 1. The van der Waals surface area contributed by atoms with Crippen molar-refractivity contribution >= 4 is 17.4 Å². The third kappa shape index (κ3) is 3.61. The van der Waals surface area contributed by atoms with Gasteiger partial charge in [0, 0.05) is 17.4 Å². The maximum absolute atomic E-state index is 12.4. The highest BCUT2D eigenvalue weighted by molar-refractivity contribution is 7.10. The summed E-state index contributed by atoms with van der Waals surface area (Å²) in [4.78, 5) is 13.4. The zero-order valence-electron chi connectivity index (χ0n) is 14.8. The van der Waals surface area contributed by atoms with Gasteiger partial charge in [0.05, 0.1) is 6.04 Å². The van der Waals surface area contributed by atoms with Crippen LogP contribution in [0.2, 0.25) is 0 Å². The van der Waals surface area contributed by atoms with Crippen LogP contribution in [-0.2, 0) is 4.74 Å². The summed E-state index contributed by atoms with van der Waals surface area (Å²) in [6, 6.07) is 20.2. The molecule has 2 aromatic carbocycles. The number of fused-ring (bicyclic) bond motifs is 3. The Balaban J connectivity index is 1.46. The molecule has 0 saturated carbocycles. The first-order chi connectivity index (χ1) is 13.3. The Morgan fingerprint density at radius 3 is 2.30 bits per heavy atom. The van der Waals surface area contributed by atoms with Crippen LogP contribution in [0.4, 0.5) is 4.79 Å². The van der Waals surface area contributed by atoms with Crippen molar-refractivity contribution < 1.29 is 14.6 Å². The van der Waals surface area contributed by atoms with Gasteiger partial charge < -0.3 is 15.2 Å². The van der Waals surface area contributed by atoms with Crippen LogP contribution >= 0.6 is 11.3 Å². The van der Waals surface area contributed by atoms with Crippen LogP contribution in [0.1, 0.15) is 34.4 Å². The molecule has 1 aromatic heterocycles. The molecule has 0 aliphatic heterocycles. The number of alkyl carbamates (subject to hydrolysis) is 1. The number of amides is 1. The lowest BCUT2D eigenvalue weighted by atomic mass is 9.98. The second-order valence-electron chi connectivity index (χ2n) is 6.55. The Morgan fingerprint density at radius 1 is 1.04 bits per heavy atom. The lowest BCUT2D eigenvalue weighted by molar-refractivity contribution is 0.137. The maximum Gasteiger partial charge on any atom is 0.407 e. The molecule has 1 atom stereocenters. The fourth-order valence-electron chi connectivity index (χ4n) is 3.69. The number of thiophene rings is 1. The normalized spacial score (nSPS) is 13.7. The van der Waals surface area contributed by atoms with Crippen molar-refractivity contribution in [2.75, 3.05) is 13.2 Å². The van der Waals surface area contributed by atoms with E-state index in [1.54, 1.807) is 11.3 Å². The predicted molar refractivity (Wildman–Crippen MR) is 107 cm³/mol. The van der Waals surface area contributed by atoms with Gasteiger partial charge in [-0.3, -0.25) is 0 Å². The van der Waals surface area contributed by atoms with Gasteiger partial charge in [0.2, 0.25) is 0 Å². The van der Waals surface area contributed by atoms with Crippen LogP contribution in [0, 0.1) is 0 Å². The Kier molecular flexibility index (Phi) is 5.23. The minimum Gasteiger partial charge on any atom is -0.449 e. The molecule has 1 amide bonds. The van der Waals surface area contributed by atoms with Crippen molar-refractivity contribution in [3.63, 3.8) is 0 Å². The van der Waals surface area contributed by atoms with Crippen molar-refractivity contribution in [1.29, 1.82) is 0 Å². The fourth-order valence-corrected chi connectivity index (χ4v) is 4.50. The minimum absolute atomic E-state index is 0.00617.